The van der Waals surface area contributed by atoms with Crippen molar-refractivity contribution in [3.63, 3.8) is 0 Å². The first-order valence-corrected chi connectivity index (χ1v) is 3.11. The van der Waals surface area contributed by atoms with Crippen molar-refractivity contribution in [2.24, 2.45) is 0 Å². The van der Waals surface area contributed by atoms with Crippen molar-refractivity contribution in [1.82, 2.24) is 19.9 Å². The van der Waals surface area contributed by atoms with Crippen LogP contribution in [0.5, 0.6) is 6.01 Å². The Balaban J connectivity index is 2.97. The lowest BCUT2D eigenvalue weighted by Crippen LogP contribution is -2.12. The van der Waals surface area contributed by atoms with Gasteiger partial charge in [-0.2, -0.15) is 9.97 Å². The molecule has 0 amide bonds. The van der Waals surface area contributed by atoms with E-state index in [-0.39, 0.29) is 17.5 Å². The smallest absolute Gasteiger partial charge is 0.348 e. The van der Waals surface area contributed by atoms with E-state index in [2.05, 4.69) is 19.9 Å². The molecular formula is C5H5N5O2. The van der Waals surface area contributed by atoms with Gasteiger partial charge in [-0.3, -0.25) is 4.98 Å². The molecule has 0 bridgehead atoms. The van der Waals surface area contributed by atoms with Gasteiger partial charge in [-0.25, -0.2) is 4.79 Å². The van der Waals surface area contributed by atoms with Crippen LogP contribution < -0.4 is 11.4 Å². The third kappa shape index (κ3) is 0.797. The lowest BCUT2D eigenvalue weighted by molar-refractivity contribution is 0.438. The monoisotopic (exact) mass is 167 g/mol. The van der Waals surface area contributed by atoms with E-state index >= 15 is 0 Å². The zero-order valence-electron chi connectivity index (χ0n) is 5.83. The molecule has 0 aliphatic heterocycles. The standard InChI is InChI=1S/C5H5N5O2/c6-2-1-3(9-4(11)7-1)10-5(12)8-2/h(H5,6,7,8,9,10,11,12). The molecule has 12 heavy (non-hydrogen) atoms. The highest BCUT2D eigenvalue weighted by Gasteiger charge is 2.06. The van der Waals surface area contributed by atoms with Crippen LogP contribution in [0.15, 0.2) is 4.79 Å². The van der Waals surface area contributed by atoms with Gasteiger partial charge in [0.15, 0.2) is 5.65 Å². The van der Waals surface area contributed by atoms with E-state index in [1.54, 1.807) is 0 Å². The summed E-state index contributed by atoms with van der Waals surface area (Å²) in [4.78, 5) is 22.4. The molecule has 2 heterocycles. The zero-order chi connectivity index (χ0) is 8.72. The van der Waals surface area contributed by atoms with Crippen molar-refractivity contribution in [2.75, 3.05) is 5.73 Å². The summed E-state index contributed by atoms with van der Waals surface area (Å²) in [5.74, 6) is 0.109. The second-order valence-corrected chi connectivity index (χ2v) is 2.21. The van der Waals surface area contributed by atoms with E-state index in [4.69, 9.17) is 10.8 Å². The summed E-state index contributed by atoms with van der Waals surface area (Å²) in [5.41, 5.74) is 5.23. The molecule has 0 saturated heterocycles. The first-order chi connectivity index (χ1) is 5.66. The van der Waals surface area contributed by atoms with E-state index in [0.29, 0.717) is 5.52 Å². The second-order valence-electron chi connectivity index (χ2n) is 2.21. The molecule has 2 rings (SSSR count). The van der Waals surface area contributed by atoms with Crippen LogP contribution in [0, 0.1) is 0 Å². The van der Waals surface area contributed by atoms with Gasteiger partial charge in [-0.05, 0) is 0 Å². The van der Waals surface area contributed by atoms with E-state index in [1.165, 1.54) is 0 Å². The summed E-state index contributed by atoms with van der Waals surface area (Å²) >= 11 is 0. The van der Waals surface area contributed by atoms with E-state index in [1.807, 2.05) is 0 Å². The van der Waals surface area contributed by atoms with Crippen molar-refractivity contribution >= 4 is 17.0 Å². The summed E-state index contributed by atoms with van der Waals surface area (Å²) in [6, 6.07) is -0.316. The highest BCUT2D eigenvalue weighted by atomic mass is 16.3. The van der Waals surface area contributed by atoms with Crippen molar-refractivity contribution in [2.45, 2.75) is 0 Å². The number of aromatic amines is 2. The first kappa shape index (κ1) is 6.65. The van der Waals surface area contributed by atoms with Crippen LogP contribution in [0.4, 0.5) is 5.82 Å². The number of nitrogens with zero attached hydrogens (tertiary/aromatic N) is 2. The maximum Gasteiger partial charge on any atom is 0.348 e. The minimum absolute atomic E-state index is 0.105. The quantitative estimate of drug-likeness (QED) is 0.398. The van der Waals surface area contributed by atoms with Crippen LogP contribution in [0.3, 0.4) is 0 Å². The Morgan fingerprint density at radius 3 is 2.83 bits per heavy atom. The Labute approximate surface area is 65.3 Å². The number of imidazole rings is 1. The maximum atomic E-state index is 10.7. The number of hydrogen-bond acceptors (Lipinski definition) is 5. The van der Waals surface area contributed by atoms with Gasteiger partial charge in [0.2, 0.25) is 0 Å². The molecule has 0 unspecified atom stereocenters. The van der Waals surface area contributed by atoms with E-state index < -0.39 is 5.69 Å². The Morgan fingerprint density at radius 1 is 1.33 bits per heavy atom. The fraction of sp³-hybridized carbons (Fsp3) is 0. The predicted octanol–water partition coefficient (Wildman–Crippen LogP) is -1.07. The summed E-state index contributed by atoms with van der Waals surface area (Å²) in [6.07, 6.45) is 0. The minimum Gasteiger partial charge on any atom is -0.480 e. The van der Waals surface area contributed by atoms with Crippen LogP contribution >= 0.6 is 0 Å². The molecule has 7 nitrogen and oxygen atoms in total. The number of nitrogens with one attached hydrogen (secondary N) is 2. The van der Waals surface area contributed by atoms with Gasteiger partial charge < -0.3 is 15.8 Å². The molecule has 0 aromatic carbocycles. The highest BCUT2D eigenvalue weighted by Crippen LogP contribution is 2.14. The van der Waals surface area contributed by atoms with Gasteiger partial charge in [0, 0.05) is 0 Å². The summed E-state index contributed by atoms with van der Waals surface area (Å²) in [7, 11) is 0. The predicted molar refractivity (Wildman–Crippen MR) is 40.6 cm³/mol. The van der Waals surface area contributed by atoms with Crippen LogP contribution in [-0.2, 0) is 0 Å². The van der Waals surface area contributed by atoms with E-state index in [9.17, 15) is 4.79 Å². The lowest BCUT2D eigenvalue weighted by atomic mass is 10.5. The minimum atomic E-state index is -0.591. The molecule has 7 heteroatoms. The Hall–Kier alpha value is -2.05. The lowest BCUT2D eigenvalue weighted by Gasteiger charge is -1.90. The zero-order valence-corrected chi connectivity index (χ0v) is 5.83. The SMILES string of the molecule is Nc1[nH]c(=O)nc2nc(O)[nH]c12. The number of aromatic hydroxyl groups is 1. The average Bonchev–Trinajstić information content (AvgIpc) is 2.29. The number of anilines is 1. The number of H-pyrrole nitrogens is 2. The van der Waals surface area contributed by atoms with Crippen LogP contribution in [-0.4, -0.2) is 25.0 Å². The average molecular weight is 167 g/mol. The van der Waals surface area contributed by atoms with Gasteiger partial charge in [0.05, 0.1) is 0 Å². The molecule has 5 N–H and O–H groups in total. The first-order valence-electron chi connectivity index (χ1n) is 3.11. The van der Waals surface area contributed by atoms with Crippen molar-refractivity contribution in [3.8, 4) is 6.01 Å². The fourth-order valence-electron chi connectivity index (χ4n) is 0.922. The number of fused-ring (bicyclic) bond motifs is 1. The summed E-state index contributed by atoms with van der Waals surface area (Å²) in [6.45, 7) is 0. The maximum absolute atomic E-state index is 10.7. The molecule has 0 aliphatic rings. The van der Waals surface area contributed by atoms with Crippen molar-refractivity contribution < 1.29 is 5.11 Å². The molecule has 62 valence electrons. The van der Waals surface area contributed by atoms with Gasteiger partial charge in [-0.1, -0.05) is 0 Å². The van der Waals surface area contributed by atoms with Crippen LogP contribution in [0.1, 0.15) is 0 Å². The van der Waals surface area contributed by atoms with Gasteiger partial charge >= 0.3 is 5.69 Å². The molecule has 0 fully saturated rings. The Morgan fingerprint density at radius 2 is 2.08 bits per heavy atom. The normalized spacial score (nSPS) is 10.7. The fourth-order valence-corrected chi connectivity index (χ4v) is 0.922. The summed E-state index contributed by atoms with van der Waals surface area (Å²) < 4.78 is 0. The molecule has 2 aromatic heterocycles. The van der Waals surface area contributed by atoms with E-state index in [0.717, 1.165) is 0 Å². The molecular weight excluding hydrogens is 162 g/mol. The van der Waals surface area contributed by atoms with Crippen LogP contribution in [0.25, 0.3) is 11.2 Å². The van der Waals surface area contributed by atoms with Crippen molar-refractivity contribution in [1.29, 1.82) is 0 Å². The van der Waals surface area contributed by atoms with Gasteiger partial charge in [-0.15, -0.1) is 0 Å². The molecule has 2 aromatic rings. The third-order valence-electron chi connectivity index (χ3n) is 1.39. The second kappa shape index (κ2) is 1.97. The number of aromatic nitrogens is 4. The molecule has 0 spiro atoms. The number of nitrogens with two attached hydrogens (primary N) is 1. The number of hydrogen-bond donors (Lipinski definition) is 4. The highest BCUT2D eigenvalue weighted by molar-refractivity contribution is 5.81. The molecule has 0 atom stereocenters. The van der Waals surface area contributed by atoms with Crippen LogP contribution in [0.2, 0.25) is 0 Å². The van der Waals surface area contributed by atoms with Gasteiger partial charge in [0.25, 0.3) is 6.01 Å². The Kier molecular flexibility index (Phi) is 1.09. The van der Waals surface area contributed by atoms with Gasteiger partial charge in [0.1, 0.15) is 11.3 Å². The number of rotatable bonds is 0. The largest absolute Gasteiger partial charge is 0.480 e. The number of nitrogen functional groups attached to an aromatic ring is 1. The van der Waals surface area contributed by atoms with Crippen molar-refractivity contribution in [3.05, 3.63) is 10.5 Å². The molecule has 0 radical (unpaired) electrons. The summed E-state index contributed by atoms with van der Waals surface area (Å²) in [5, 5.41) is 8.89. The third-order valence-corrected chi connectivity index (χ3v) is 1.39. The Bertz CT molecular complexity index is 484. The topological polar surface area (TPSA) is 121 Å². The molecule has 0 saturated carbocycles. The molecule has 0 aliphatic carbocycles.